The Kier molecular flexibility index (Phi) is 13.9. The molecule has 0 radical (unpaired) electrons. The van der Waals surface area contributed by atoms with Gasteiger partial charge in [-0.2, -0.15) is 10.2 Å². The van der Waals surface area contributed by atoms with E-state index in [1.54, 1.807) is 54.3 Å². The number of likely N-dealkylation sites (tertiary alicyclic amines) is 2. The highest BCUT2D eigenvalue weighted by Gasteiger charge is 2.43. The van der Waals surface area contributed by atoms with Gasteiger partial charge in [0.05, 0.1) is 46.5 Å². The number of primary amides is 2. The van der Waals surface area contributed by atoms with E-state index >= 15 is 0 Å². The summed E-state index contributed by atoms with van der Waals surface area (Å²) in [4.78, 5) is 58.6. The molecule has 2 fully saturated rings. The minimum absolute atomic E-state index is 0. The number of aromatic nitrogens is 8. The summed E-state index contributed by atoms with van der Waals surface area (Å²) in [5.41, 5.74) is 15.5. The van der Waals surface area contributed by atoms with Gasteiger partial charge in [-0.3, -0.25) is 19.2 Å². The van der Waals surface area contributed by atoms with Crippen molar-refractivity contribution in [2.45, 2.75) is 45.3 Å². The van der Waals surface area contributed by atoms with Gasteiger partial charge in [-0.25, -0.2) is 19.3 Å². The van der Waals surface area contributed by atoms with Crippen molar-refractivity contribution in [3.8, 4) is 46.9 Å². The molecular weight excluding hydrogens is 957 g/mol. The van der Waals surface area contributed by atoms with Gasteiger partial charge in [0.25, 0.3) is 23.6 Å². The SMILES string of the molecule is C.C#C[C@]1(O)CCN(C)C1=O.Cc1cn(-c2ccc3c(c2)c(C(N)=O)nn3-c2cccc(Br)c2)cn1.Cc1cn(-c2ccc3c(c2)c(C(N)=O)nn3-c2cccc(C#C[C@]3(O)CCN(C)C3=O)c2)cn1. The first-order valence-electron chi connectivity index (χ1n) is 21.4. The zero-order valence-electron chi connectivity index (χ0n) is 37.8. The maximum Gasteiger partial charge on any atom is 0.269 e. The van der Waals surface area contributed by atoms with Gasteiger partial charge < -0.3 is 40.6 Å². The molecule has 0 unspecified atom stereocenters. The Labute approximate surface area is 411 Å². The average Bonchev–Trinajstić information content (AvgIpc) is 4.21. The van der Waals surface area contributed by atoms with Gasteiger partial charge in [-0.1, -0.05) is 53.3 Å². The number of aliphatic hydroxyl groups is 2. The van der Waals surface area contributed by atoms with Crippen molar-refractivity contribution >= 4 is 61.4 Å². The van der Waals surface area contributed by atoms with Crippen LogP contribution in [0.15, 0.2) is 114 Å². The second kappa shape index (κ2) is 19.7. The first-order valence-corrected chi connectivity index (χ1v) is 22.2. The molecule has 2 saturated heterocycles. The molecule has 2 aliphatic heterocycles. The van der Waals surface area contributed by atoms with Crippen LogP contribution in [0.25, 0.3) is 44.6 Å². The summed E-state index contributed by atoms with van der Waals surface area (Å²) in [5.74, 6) is 5.76. The van der Waals surface area contributed by atoms with Crippen molar-refractivity contribution in [2.75, 3.05) is 27.2 Å². The van der Waals surface area contributed by atoms with E-state index < -0.39 is 28.9 Å². The fourth-order valence-electron chi connectivity index (χ4n) is 7.87. The van der Waals surface area contributed by atoms with Crippen LogP contribution in [0.4, 0.5) is 0 Å². The number of imidazole rings is 2. The summed E-state index contributed by atoms with van der Waals surface area (Å²) in [6.45, 7) is 4.83. The van der Waals surface area contributed by atoms with E-state index in [0.717, 1.165) is 38.4 Å². The number of hydrogen-bond acceptors (Lipinski definition) is 10. The predicted molar refractivity (Wildman–Crippen MR) is 267 cm³/mol. The van der Waals surface area contributed by atoms with E-state index in [1.165, 1.54) is 9.80 Å². The zero-order chi connectivity index (χ0) is 49.4. The van der Waals surface area contributed by atoms with Crippen molar-refractivity contribution < 1.29 is 29.4 Å². The van der Waals surface area contributed by atoms with Gasteiger partial charge in [-0.15, -0.1) is 6.42 Å². The molecule has 0 spiro atoms. The highest BCUT2D eigenvalue weighted by molar-refractivity contribution is 9.10. The molecule has 0 bridgehead atoms. The molecule has 0 aliphatic carbocycles. The van der Waals surface area contributed by atoms with Gasteiger partial charge in [-0.05, 0) is 86.6 Å². The molecule has 2 aliphatic rings. The Morgan fingerprint density at radius 1 is 0.686 bits per heavy atom. The van der Waals surface area contributed by atoms with Crippen LogP contribution in [0.2, 0.25) is 0 Å². The number of benzene rings is 4. The molecule has 19 heteroatoms. The second-order valence-electron chi connectivity index (χ2n) is 16.6. The third kappa shape index (κ3) is 9.80. The summed E-state index contributed by atoms with van der Waals surface area (Å²) in [7, 11) is 3.26. The molecule has 70 heavy (non-hydrogen) atoms. The van der Waals surface area contributed by atoms with E-state index in [-0.39, 0.29) is 31.1 Å². The fourth-order valence-corrected chi connectivity index (χ4v) is 8.26. The van der Waals surface area contributed by atoms with E-state index in [2.05, 4.69) is 53.9 Å². The lowest BCUT2D eigenvalue weighted by Crippen LogP contribution is -2.37. The Balaban J connectivity index is 0.000000175. The number of nitrogens with two attached hydrogens (primary N) is 2. The molecule has 2 atom stereocenters. The number of carbonyl (C=O) groups excluding carboxylic acids is 4. The highest BCUT2D eigenvalue weighted by atomic mass is 79.9. The summed E-state index contributed by atoms with van der Waals surface area (Å²) in [6.07, 6.45) is 12.8. The Hall–Kier alpha value is -8.36. The number of carbonyl (C=O) groups is 4. The molecule has 18 nitrogen and oxygen atoms in total. The molecule has 4 aromatic heterocycles. The highest BCUT2D eigenvalue weighted by Crippen LogP contribution is 2.28. The maximum atomic E-state index is 12.2. The van der Waals surface area contributed by atoms with Crippen LogP contribution in [0.1, 0.15) is 58.2 Å². The van der Waals surface area contributed by atoms with Gasteiger partial charge in [0.15, 0.2) is 11.4 Å². The molecular formula is C51H49BrN12O6. The number of rotatable bonds is 6. The van der Waals surface area contributed by atoms with Crippen LogP contribution in [0.3, 0.4) is 0 Å². The van der Waals surface area contributed by atoms with Crippen molar-refractivity contribution in [3.05, 3.63) is 143 Å². The number of hydrogen-bond donors (Lipinski definition) is 4. The maximum absolute atomic E-state index is 12.2. The molecule has 4 amide bonds. The van der Waals surface area contributed by atoms with Gasteiger partial charge >= 0.3 is 0 Å². The lowest BCUT2D eigenvalue weighted by atomic mass is 10.0. The van der Waals surface area contributed by atoms with E-state index in [1.807, 2.05) is 102 Å². The van der Waals surface area contributed by atoms with Crippen LogP contribution in [0.5, 0.6) is 0 Å². The van der Waals surface area contributed by atoms with Crippen LogP contribution >= 0.6 is 15.9 Å². The first-order chi connectivity index (χ1) is 32.9. The van der Waals surface area contributed by atoms with Crippen molar-refractivity contribution in [1.82, 2.24) is 48.5 Å². The fraction of sp³-hybridized carbons (Fsp3) is 0.216. The van der Waals surface area contributed by atoms with E-state index in [9.17, 15) is 29.4 Å². The third-order valence-electron chi connectivity index (χ3n) is 11.6. The molecule has 4 aromatic carbocycles. The van der Waals surface area contributed by atoms with Gasteiger partial charge in [0.1, 0.15) is 0 Å². The molecule has 0 saturated carbocycles. The van der Waals surface area contributed by atoms with Crippen LogP contribution < -0.4 is 11.5 Å². The number of likely N-dealkylation sites (N-methyl/N-ethyl adjacent to an activating group) is 2. The number of aryl methyl sites for hydroxylation is 2. The Morgan fingerprint density at radius 3 is 1.56 bits per heavy atom. The number of amides is 4. The van der Waals surface area contributed by atoms with Crippen LogP contribution in [0, 0.1) is 38.0 Å². The minimum atomic E-state index is -1.68. The normalized spacial score (nSPS) is 17.2. The zero-order valence-corrected chi connectivity index (χ0v) is 39.4. The summed E-state index contributed by atoms with van der Waals surface area (Å²) in [6, 6.07) is 26.3. The van der Waals surface area contributed by atoms with Crippen molar-refractivity contribution in [2.24, 2.45) is 11.5 Å². The lowest BCUT2D eigenvalue weighted by molar-refractivity contribution is -0.138. The quantitative estimate of drug-likeness (QED) is 0.166. The molecule has 10 rings (SSSR count). The standard InChI is InChI=1S/C25H22N6O3.C18H14BrN5O.C7H9NO2.CH4/c1-16-14-30(15-27-16)18-6-7-21-20(13-18)22(23(26)32)28-31(21)19-5-3-4-17(12-19)8-9-25(34)10-11-29(2)24(25)33;1-11-9-23(10-21-11)13-5-6-16-15(8-13)17(18(20)25)22-24(16)14-4-2-3-12(19)7-14;1-3-7(10)4-5-8(2)6(7)9;/h3-7,12-15,34H,10-11H2,1-2H3,(H2,26,32);2-10H,1H3,(H2,20,25);1,10H,4-5H2,2H3;1H4/t25-;;7-;/m0.0./s1. The van der Waals surface area contributed by atoms with E-state index in [4.69, 9.17) is 17.9 Å². The summed E-state index contributed by atoms with van der Waals surface area (Å²) >= 11 is 3.46. The van der Waals surface area contributed by atoms with Crippen LogP contribution in [-0.2, 0) is 9.59 Å². The van der Waals surface area contributed by atoms with Crippen LogP contribution in [-0.4, -0.2) is 121 Å². The molecule has 6 N–H and O–H groups in total. The smallest absolute Gasteiger partial charge is 0.269 e. The average molecular weight is 1010 g/mol. The number of terminal acetylenes is 1. The molecule has 8 aromatic rings. The first kappa shape index (κ1) is 49.5. The molecule has 356 valence electrons. The summed E-state index contributed by atoms with van der Waals surface area (Å²) < 4.78 is 8.05. The second-order valence-corrected chi connectivity index (χ2v) is 17.5. The number of fused-ring (bicyclic) bond motifs is 2. The monoisotopic (exact) mass is 1000 g/mol. The van der Waals surface area contributed by atoms with Crippen molar-refractivity contribution in [3.63, 3.8) is 0 Å². The predicted octanol–water partition coefficient (Wildman–Crippen LogP) is 4.79. The van der Waals surface area contributed by atoms with E-state index in [0.29, 0.717) is 47.1 Å². The largest absolute Gasteiger partial charge is 0.369 e. The minimum Gasteiger partial charge on any atom is -0.369 e. The van der Waals surface area contributed by atoms with Gasteiger partial charge in [0, 0.05) is 84.6 Å². The molecule has 6 heterocycles. The lowest BCUT2D eigenvalue weighted by Gasteiger charge is -2.13. The Bertz CT molecular complexity index is 3460. The third-order valence-corrected chi connectivity index (χ3v) is 12.1. The topological polar surface area (TPSA) is 239 Å². The Morgan fingerprint density at radius 2 is 1.16 bits per heavy atom. The number of halogens is 1. The number of nitrogens with zero attached hydrogens (tertiary/aromatic N) is 10. The van der Waals surface area contributed by atoms with Gasteiger partial charge in [0.2, 0.25) is 11.2 Å². The summed E-state index contributed by atoms with van der Waals surface area (Å²) in [5, 5.41) is 30.1. The van der Waals surface area contributed by atoms with Crippen molar-refractivity contribution in [1.29, 1.82) is 0 Å².